The number of benzene rings is 1. The number of anilines is 1. The van der Waals surface area contributed by atoms with Crippen molar-refractivity contribution in [3.63, 3.8) is 0 Å². The molecule has 2 aliphatic rings. The van der Waals surface area contributed by atoms with Crippen LogP contribution in [0.1, 0.15) is 21.7 Å². The van der Waals surface area contributed by atoms with Gasteiger partial charge in [-0.05, 0) is 24.3 Å². The summed E-state index contributed by atoms with van der Waals surface area (Å²) in [5, 5.41) is 13.5. The highest BCUT2D eigenvalue weighted by molar-refractivity contribution is 6.01. The van der Waals surface area contributed by atoms with E-state index in [0.29, 0.717) is 42.3 Å². The molecular weight excluding hydrogens is 324 g/mol. The Bertz CT molecular complexity index is 860. The standard InChI is InChI=1S/C17H18N4O4/c1-19-14-6-11(2-3-15(14)25-10-16(19)23)17(24)20-4-5-21-13(8-20)7-12(9-22)18-21/h2-3,6-7,22H,4-5,8-10H2,1H3. The summed E-state index contributed by atoms with van der Waals surface area (Å²) in [6, 6.07) is 6.95. The Labute approximate surface area is 144 Å². The van der Waals surface area contributed by atoms with Crippen LogP contribution in [0, 0.1) is 0 Å². The Kier molecular flexibility index (Phi) is 3.69. The van der Waals surface area contributed by atoms with Gasteiger partial charge < -0.3 is 19.6 Å². The quantitative estimate of drug-likeness (QED) is 0.853. The zero-order valence-electron chi connectivity index (χ0n) is 13.8. The lowest BCUT2D eigenvalue weighted by Crippen LogP contribution is -2.39. The van der Waals surface area contributed by atoms with Crippen LogP contribution in [0.3, 0.4) is 0 Å². The summed E-state index contributed by atoms with van der Waals surface area (Å²) in [4.78, 5) is 27.9. The second-order valence-corrected chi connectivity index (χ2v) is 6.16. The molecule has 25 heavy (non-hydrogen) atoms. The molecule has 130 valence electrons. The van der Waals surface area contributed by atoms with Crippen LogP contribution >= 0.6 is 0 Å². The lowest BCUT2D eigenvalue weighted by Gasteiger charge is -2.29. The molecule has 2 amide bonds. The molecule has 3 heterocycles. The van der Waals surface area contributed by atoms with Crippen LogP contribution in [-0.4, -0.2) is 51.8 Å². The molecule has 1 aromatic heterocycles. The zero-order chi connectivity index (χ0) is 17.6. The lowest BCUT2D eigenvalue weighted by atomic mass is 10.1. The number of ether oxygens (including phenoxy) is 1. The van der Waals surface area contributed by atoms with E-state index in [9.17, 15) is 14.7 Å². The van der Waals surface area contributed by atoms with E-state index in [1.165, 1.54) is 4.90 Å². The van der Waals surface area contributed by atoms with Crippen LogP contribution in [0.5, 0.6) is 5.75 Å². The molecule has 2 aliphatic heterocycles. The van der Waals surface area contributed by atoms with E-state index in [1.54, 1.807) is 30.1 Å². The second-order valence-electron chi connectivity index (χ2n) is 6.16. The Morgan fingerprint density at radius 3 is 2.96 bits per heavy atom. The van der Waals surface area contributed by atoms with Crippen molar-refractivity contribution in [3.8, 4) is 5.75 Å². The van der Waals surface area contributed by atoms with Gasteiger partial charge in [-0.25, -0.2) is 0 Å². The third-order valence-electron chi connectivity index (χ3n) is 4.59. The molecule has 0 spiro atoms. The Hall–Kier alpha value is -2.87. The van der Waals surface area contributed by atoms with Gasteiger partial charge in [0.25, 0.3) is 11.8 Å². The van der Waals surface area contributed by atoms with Crippen molar-refractivity contribution >= 4 is 17.5 Å². The van der Waals surface area contributed by atoms with Gasteiger partial charge in [0.05, 0.1) is 36.8 Å². The minimum absolute atomic E-state index is 0.0140. The number of aliphatic hydroxyl groups excluding tert-OH is 1. The number of likely N-dealkylation sites (N-methyl/N-ethyl adjacent to an activating group) is 1. The molecule has 0 atom stereocenters. The van der Waals surface area contributed by atoms with Crippen molar-refractivity contribution in [1.29, 1.82) is 0 Å². The Morgan fingerprint density at radius 1 is 1.32 bits per heavy atom. The van der Waals surface area contributed by atoms with E-state index < -0.39 is 0 Å². The summed E-state index contributed by atoms with van der Waals surface area (Å²) in [6.45, 7) is 1.47. The predicted octanol–water partition coefficient (Wildman–Crippen LogP) is 0.387. The number of rotatable bonds is 2. The van der Waals surface area contributed by atoms with Crippen molar-refractivity contribution in [3.05, 3.63) is 41.2 Å². The normalized spacial score (nSPS) is 16.3. The first-order valence-corrected chi connectivity index (χ1v) is 8.06. The molecular formula is C17H18N4O4. The van der Waals surface area contributed by atoms with Gasteiger partial charge in [-0.3, -0.25) is 14.3 Å². The van der Waals surface area contributed by atoms with E-state index in [2.05, 4.69) is 5.10 Å². The maximum Gasteiger partial charge on any atom is 0.264 e. The van der Waals surface area contributed by atoms with Gasteiger partial charge in [0.15, 0.2) is 6.61 Å². The highest BCUT2D eigenvalue weighted by Gasteiger charge is 2.27. The summed E-state index contributed by atoms with van der Waals surface area (Å²) < 4.78 is 7.22. The summed E-state index contributed by atoms with van der Waals surface area (Å²) in [5.41, 5.74) is 2.62. The van der Waals surface area contributed by atoms with Gasteiger partial charge in [0.1, 0.15) is 5.75 Å². The topological polar surface area (TPSA) is 87.9 Å². The van der Waals surface area contributed by atoms with Crippen LogP contribution in [0.4, 0.5) is 5.69 Å². The summed E-state index contributed by atoms with van der Waals surface area (Å²) in [6.07, 6.45) is 0. The molecule has 0 radical (unpaired) electrons. The van der Waals surface area contributed by atoms with Crippen LogP contribution in [0.15, 0.2) is 24.3 Å². The first-order valence-electron chi connectivity index (χ1n) is 8.06. The van der Waals surface area contributed by atoms with Gasteiger partial charge in [-0.15, -0.1) is 0 Å². The minimum atomic E-state index is -0.143. The molecule has 0 saturated heterocycles. The fourth-order valence-electron chi connectivity index (χ4n) is 3.16. The van der Waals surface area contributed by atoms with E-state index in [4.69, 9.17) is 4.74 Å². The smallest absolute Gasteiger partial charge is 0.264 e. The number of carbonyl (C=O) groups excluding carboxylic acids is 2. The van der Waals surface area contributed by atoms with Crippen LogP contribution in [-0.2, 0) is 24.5 Å². The first kappa shape index (κ1) is 15.6. The largest absolute Gasteiger partial charge is 0.482 e. The van der Waals surface area contributed by atoms with Gasteiger partial charge in [0.2, 0.25) is 0 Å². The number of hydrogen-bond donors (Lipinski definition) is 1. The fourth-order valence-corrected chi connectivity index (χ4v) is 3.16. The van der Waals surface area contributed by atoms with Gasteiger partial charge >= 0.3 is 0 Å². The SMILES string of the molecule is CN1C(=O)COc2ccc(C(=O)N3CCn4nc(CO)cc4C3)cc21. The number of fused-ring (bicyclic) bond motifs is 2. The van der Waals surface area contributed by atoms with Crippen molar-refractivity contribution < 1.29 is 19.4 Å². The van der Waals surface area contributed by atoms with Crippen LogP contribution in [0.2, 0.25) is 0 Å². The lowest BCUT2D eigenvalue weighted by molar-refractivity contribution is -0.120. The highest BCUT2D eigenvalue weighted by atomic mass is 16.5. The molecule has 8 nitrogen and oxygen atoms in total. The van der Waals surface area contributed by atoms with E-state index in [0.717, 1.165) is 5.69 Å². The third kappa shape index (κ3) is 2.64. The van der Waals surface area contributed by atoms with Gasteiger partial charge in [-0.2, -0.15) is 5.10 Å². The number of carbonyl (C=O) groups is 2. The van der Waals surface area contributed by atoms with Gasteiger partial charge in [-0.1, -0.05) is 0 Å². The average Bonchev–Trinajstić information content (AvgIpc) is 3.06. The fraction of sp³-hybridized carbons (Fsp3) is 0.353. The number of amides is 2. The van der Waals surface area contributed by atoms with Crippen molar-refractivity contribution in [1.82, 2.24) is 14.7 Å². The number of nitrogens with zero attached hydrogens (tertiary/aromatic N) is 4. The van der Waals surface area contributed by atoms with Crippen molar-refractivity contribution in [2.75, 3.05) is 25.1 Å². The first-order chi connectivity index (χ1) is 12.1. The molecule has 0 fully saturated rings. The number of hydrogen-bond acceptors (Lipinski definition) is 5. The monoisotopic (exact) mass is 342 g/mol. The molecule has 8 heteroatoms. The van der Waals surface area contributed by atoms with Crippen molar-refractivity contribution in [2.45, 2.75) is 19.7 Å². The molecule has 0 unspecified atom stereocenters. The molecule has 0 saturated carbocycles. The molecule has 4 rings (SSSR count). The van der Waals surface area contributed by atoms with E-state index >= 15 is 0 Å². The molecule has 2 aromatic rings. The van der Waals surface area contributed by atoms with Gasteiger partial charge in [0, 0.05) is 19.2 Å². The second kappa shape index (κ2) is 5.89. The maximum absolute atomic E-state index is 12.9. The van der Waals surface area contributed by atoms with Crippen molar-refractivity contribution in [2.24, 2.45) is 0 Å². The predicted molar refractivity (Wildman–Crippen MR) is 88.2 cm³/mol. The van der Waals surface area contributed by atoms with E-state index in [1.807, 2.05) is 10.7 Å². The number of aromatic nitrogens is 2. The summed E-state index contributed by atoms with van der Waals surface area (Å²) in [5.74, 6) is 0.352. The average molecular weight is 342 g/mol. The maximum atomic E-state index is 12.9. The summed E-state index contributed by atoms with van der Waals surface area (Å²) in [7, 11) is 1.67. The molecule has 0 bridgehead atoms. The number of aliphatic hydroxyl groups is 1. The summed E-state index contributed by atoms with van der Waals surface area (Å²) >= 11 is 0. The van der Waals surface area contributed by atoms with Crippen LogP contribution < -0.4 is 9.64 Å². The van der Waals surface area contributed by atoms with Crippen LogP contribution in [0.25, 0.3) is 0 Å². The Balaban J connectivity index is 1.58. The minimum Gasteiger partial charge on any atom is -0.482 e. The molecule has 1 N–H and O–H groups in total. The van der Waals surface area contributed by atoms with E-state index in [-0.39, 0.29) is 25.0 Å². The Morgan fingerprint density at radius 2 is 2.16 bits per heavy atom. The molecule has 0 aliphatic carbocycles. The zero-order valence-corrected chi connectivity index (χ0v) is 13.8. The third-order valence-corrected chi connectivity index (χ3v) is 4.59. The highest BCUT2D eigenvalue weighted by Crippen LogP contribution is 2.32. The molecule has 1 aromatic carbocycles.